The quantitative estimate of drug-likeness (QED) is 0.784. The van der Waals surface area contributed by atoms with Gasteiger partial charge in [-0.3, -0.25) is 0 Å². The summed E-state index contributed by atoms with van der Waals surface area (Å²) < 4.78 is 7.56. The molecular weight excluding hydrogens is 304 g/mol. The van der Waals surface area contributed by atoms with Gasteiger partial charge in [0.2, 0.25) is 0 Å². The summed E-state index contributed by atoms with van der Waals surface area (Å²) in [5.41, 5.74) is 0.881. The van der Waals surface area contributed by atoms with E-state index < -0.39 is 0 Å². The predicted molar refractivity (Wildman–Crippen MR) is 89.7 cm³/mol. The maximum atomic E-state index is 10.6. The Bertz CT molecular complexity index is 844. The normalized spacial score (nSPS) is 30.0. The Balaban J connectivity index is 1.41. The molecule has 1 aliphatic heterocycles. The summed E-state index contributed by atoms with van der Waals surface area (Å²) >= 11 is 0. The number of hydrogen-bond donors (Lipinski definition) is 1. The highest BCUT2D eigenvalue weighted by Gasteiger charge is 2.42. The van der Waals surface area contributed by atoms with Crippen molar-refractivity contribution in [3.8, 4) is 0 Å². The van der Waals surface area contributed by atoms with Crippen molar-refractivity contribution in [2.45, 2.75) is 25.0 Å². The molecule has 1 saturated carbocycles. The smallest absolute Gasteiger partial charge is 0.139 e. The fourth-order valence-corrected chi connectivity index (χ4v) is 4.50. The average molecular weight is 324 g/mol. The summed E-state index contributed by atoms with van der Waals surface area (Å²) in [6.45, 7) is 1.94. The van der Waals surface area contributed by atoms with E-state index in [2.05, 4.69) is 19.4 Å². The van der Waals surface area contributed by atoms with Crippen LogP contribution in [0.1, 0.15) is 18.9 Å². The third-order valence-corrected chi connectivity index (χ3v) is 5.68. The lowest BCUT2D eigenvalue weighted by Gasteiger charge is -2.35. The van der Waals surface area contributed by atoms with Crippen LogP contribution in [0, 0.1) is 11.8 Å². The van der Waals surface area contributed by atoms with Gasteiger partial charge in [0.05, 0.1) is 30.1 Å². The molecule has 2 fully saturated rings. The number of hydrogen-bond acceptors (Lipinski definition) is 5. The average Bonchev–Trinajstić information content (AvgIpc) is 3.32. The van der Waals surface area contributed by atoms with Gasteiger partial charge in [-0.15, -0.1) is 0 Å². The Morgan fingerprint density at radius 2 is 2.00 bits per heavy atom. The zero-order valence-electron chi connectivity index (χ0n) is 13.3. The minimum absolute atomic E-state index is 0.131. The first-order valence-electron chi connectivity index (χ1n) is 8.52. The van der Waals surface area contributed by atoms with Gasteiger partial charge in [0.25, 0.3) is 0 Å². The van der Waals surface area contributed by atoms with E-state index in [1.807, 2.05) is 30.9 Å². The highest BCUT2D eigenvalue weighted by molar-refractivity contribution is 5.88. The van der Waals surface area contributed by atoms with E-state index in [-0.39, 0.29) is 12.1 Å². The highest BCUT2D eigenvalue weighted by atomic mass is 16.3. The third-order valence-electron chi connectivity index (χ3n) is 5.68. The lowest BCUT2D eigenvalue weighted by atomic mass is 9.77. The molecule has 24 heavy (non-hydrogen) atoms. The van der Waals surface area contributed by atoms with E-state index in [4.69, 9.17) is 4.42 Å². The molecule has 0 bridgehead atoms. The number of fused-ring (bicyclic) bond motifs is 2. The van der Waals surface area contributed by atoms with Gasteiger partial charge in [-0.25, -0.2) is 9.97 Å². The summed E-state index contributed by atoms with van der Waals surface area (Å²) in [4.78, 5) is 11.1. The van der Waals surface area contributed by atoms with Gasteiger partial charge in [-0.05, 0) is 36.8 Å². The summed E-state index contributed by atoms with van der Waals surface area (Å²) in [6.07, 6.45) is 10.6. The Labute approximate surface area is 139 Å². The van der Waals surface area contributed by atoms with Gasteiger partial charge in [-0.2, -0.15) is 0 Å². The van der Waals surface area contributed by atoms with Crippen LogP contribution in [0.4, 0.5) is 5.82 Å². The number of aromatic nitrogens is 3. The minimum atomic E-state index is -0.307. The Kier molecular flexibility index (Phi) is 3.13. The fourth-order valence-electron chi connectivity index (χ4n) is 4.50. The van der Waals surface area contributed by atoms with E-state index >= 15 is 0 Å². The molecule has 1 saturated heterocycles. The van der Waals surface area contributed by atoms with Crippen LogP contribution in [0.5, 0.6) is 0 Å². The van der Waals surface area contributed by atoms with Crippen LogP contribution in [-0.2, 0) is 0 Å². The van der Waals surface area contributed by atoms with Gasteiger partial charge < -0.3 is 19.0 Å². The van der Waals surface area contributed by atoms with Crippen molar-refractivity contribution in [3.63, 3.8) is 0 Å². The van der Waals surface area contributed by atoms with Crippen molar-refractivity contribution in [2.24, 2.45) is 11.8 Å². The van der Waals surface area contributed by atoms with Crippen molar-refractivity contribution in [3.05, 3.63) is 43.3 Å². The molecular formula is C18H20N4O2. The van der Waals surface area contributed by atoms with Crippen LogP contribution in [0.15, 0.2) is 47.7 Å². The number of aliphatic hydroxyl groups is 1. The van der Waals surface area contributed by atoms with Crippen molar-refractivity contribution in [2.75, 3.05) is 18.0 Å². The molecule has 5 rings (SSSR count). The molecule has 0 unspecified atom stereocenters. The molecule has 0 amide bonds. The molecule has 0 spiro atoms. The molecule has 4 heterocycles. The second-order valence-electron chi connectivity index (χ2n) is 7.01. The molecule has 6 heteroatoms. The lowest BCUT2D eigenvalue weighted by molar-refractivity contribution is 0.0358. The first-order chi connectivity index (χ1) is 11.8. The summed E-state index contributed by atoms with van der Waals surface area (Å²) in [6, 6.07) is 4.02. The van der Waals surface area contributed by atoms with Crippen molar-refractivity contribution in [1.82, 2.24) is 14.5 Å². The second kappa shape index (κ2) is 5.34. The van der Waals surface area contributed by atoms with Crippen LogP contribution in [0.25, 0.3) is 11.0 Å². The van der Waals surface area contributed by atoms with E-state index in [0.29, 0.717) is 11.8 Å². The molecule has 0 radical (unpaired) electrons. The number of rotatable bonds is 2. The van der Waals surface area contributed by atoms with Crippen LogP contribution in [-0.4, -0.2) is 38.8 Å². The van der Waals surface area contributed by atoms with Crippen LogP contribution < -0.4 is 4.90 Å². The van der Waals surface area contributed by atoms with E-state index in [1.54, 1.807) is 12.5 Å². The SMILES string of the molecule is O[C@@H]1C[C@H]2CN(c3nccc4occc34)C[C@H]2C[C@H]1n1ccnc1. The van der Waals surface area contributed by atoms with E-state index in [9.17, 15) is 5.11 Å². The maximum Gasteiger partial charge on any atom is 0.139 e. The molecule has 2 aliphatic rings. The Hall–Kier alpha value is -2.34. The topological polar surface area (TPSA) is 67.3 Å². The number of imidazole rings is 1. The van der Waals surface area contributed by atoms with Crippen LogP contribution in [0.3, 0.4) is 0 Å². The summed E-state index contributed by atoms with van der Waals surface area (Å²) in [5.74, 6) is 2.10. The molecule has 4 atom stereocenters. The fraction of sp³-hybridized carbons (Fsp3) is 0.444. The number of pyridine rings is 1. The standard InChI is InChI=1S/C18H20N4O2/c23-16-8-13-10-22(18-14-2-6-24-17(14)1-3-20-18)9-12(13)7-15(16)21-5-4-19-11-21/h1-6,11-13,15-16,23H,7-10H2/t12-,13+,15-,16-/m1/s1. The van der Waals surface area contributed by atoms with Gasteiger partial charge in [0.15, 0.2) is 0 Å². The lowest BCUT2D eigenvalue weighted by Crippen LogP contribution is -2.35. The Morgan fingerprint density at radius 1 is 1.12 bits per heavy atom. The second-order valence-corrected chi connectivity index (χ2v) is 7.01. The minimum Gasteiger partial charge on any atom is -0.464 e. The number of aliphatic hydroxyl groups excluding tert-OH is 1. The maximum absolute atomic E-state index is 10.6. The number of furan rings is 1. The molecule has 0 aromatic carbocycles. The van der Waals surface area contributed by atoms with Crippen LogP contribution in [0.2, 0.25) is 0 Å². The molecule has 124 valence electrons. The van der Waals surface area contributed by atoms with E-state index in [1.165, 1.54) is 0 Å². The van der Waals surface area contributed by atoms with Crippen LogP contribution >= 0.6 is 0 Å². The first-order valence-corrected chi connectivity index (χ1v) is 8.52. The monoisotopic (exact) mass is 324 g/mol. The van der Waals surface area contributed by atoms with Crippen molar-refractivity contribution < 1.29 is 9.52 Å². The third kappa shape index (κ3) is 2.13. The number of anilines is 1. The zero-order chi connectivity index (χ0) is 16.1. The van der Waals surface area contributed by atoms with E-state index in [0.717, 1.165) is 42.7 Å². The van der Waals surface area contributed by atoms with Crippen molar-refractivity contribution in [1.29, 1.82) is 0 Å². The summed E-state index contributed by atoms with van der Waals surface area (Å²) in [7, 11) is 0. The molecule has 1 N–H and O–H groups in total. The van der Waals surface area contributed by atoms with Gasteiger partial charge >= 0.3 is 0 Å². The van der Waals surface area contributed by atoms with Gasteiger partial charge in [0.1, 0.15) is 11.4 Å². The first kappa shape index (κ1) is 14.0. The molecule has 3 aromatic rings. The highest BCUT2D eigenvalue weighted by Crippen LogP contribution is 2.43. The van der Waals surface area contributed by atoms with Gasteiger partial charge in [0, 0.05) is 31.7 Å². The molecule has 3 aromatic heterocycles. The van der Waals surface area contributed by atoms with Crippen molar-refractivity contribution >= 4 is 16.8 Å². The number of nitrogens with zero attached hydrogens (tertiary/aromatic N) is 4. The Morgan fingerprint density at radius 3 is 2.83 bits per heavy atom. The van der Waals surface area contributed by atoms with Gasteiger partial charge in [-0.1, -0.05) is 0 Å². The summed E-state index contributed by atoms with van der Waals surface area (Å²) in [5, 5.41) is 11.7. The zero-order valence-corrected chi connectivity index (χ0v) is 13.3. The predicted octanol–water partition coefficient (Wildman–Crippen LogP) is 2.47. The molecule has 1 aliphatic carbocycles. The largest absolute Gasteiger partial charge is 0.464 e. The molecule has 6 nitrogen and oxygen atoms in total.